The molecule has 0 saturated heterocycles. The molecule has 0 aromatic carbocycles. The molecule has 2 aliphatic rings. The summed E-state index contributed by atoms with van der Waals surface area (Å²) in [4.78, 5) is 0. The Morgan fingerprint density at radius 1 is 1.12 bits per heavy atom. The van der Waals surface area contributed by atoms with Gasteiger partial charge in [0.15, 0.2) is 0 Å². The monoisotopic (exact) mass is 118 g/mol. The molecule has 0 bridgehead atoms. The Hall–Kier alpha value is -0.140. The van der Waals surface area contributed by atoms with Crippen molar-refractivity contribution in [1.29, 1.82) is 0 Å². The molecule has 0 spiro atoms. The molecule has 0 aromatic heterocycles. The topological polar surface area (TPSA) is 0 Å². The minimum Gasteiger partial charge on any atom is -0.207 e. The van der Waals surface area contributed by atoms with Crippen molar-refractivity contribution in [3.05, 3.63) is 0 Å². The van der Waals surface area contributed by atoms with Crippen LogP contribution in [0, 0.1) is 11.8 Å². The fourth-order valence-electron chi connectivity index (χ4n) is 1.66. The summed E-state index contributed by atoms with van der Waals surface area (Å²) in [6.07, 6.45) is 1.44. The van der Waals surface area contributed by atoms with E-state index >= 15 is 0 Å². The zero-order valence-electron chi connectivity index (χ0n) is 4.53. The first-order chi connectivity index (χ1) is 3.67. The second-order valence-electron chi connectivity index (χ2n) is 3.02. The van der Waals surface area contributed by atoms with E-state index in [9.17, 15) is 8.78 Å². The van der Waals surface area contributed by atoms with Gasteiger partial charge in [-0.25, -0.2) is 8.78 Å². The van der Waals surface area contributed by atoms with E-state index in [4.69, 9.17) is 0 Å². The van der Waals surface area contributed by atoms with Crippen LogP contribution in [0.15, 0.2) is 0 Å². The second kappa shape index (κ2) is 1.07. The highest BCUT2D eigenvalue weighted by atomic mass is 19.3. The SMILES string of the molecule is FC1(F)CC2CC2C1. The minimum atomic E-state index is -2.28. The molecule has 0 amide bonds. The summed E-state index contributed by atoms with van der Waals surface area (Å²) in [6.45, 7) is 0. The van der Waals surface area contributed by atoms with Gasteiger partial charge in [-0.1, -0.05) is 0 Å². The minimum absolute atomic E-state index is 0.178. The molecule has 0 heterocycles. The summed E-state index contributed by atoms with van der Waals surface area (Å²) in [5, 5.41) is 0. The summed E-state index contributed by atoms with van der Waals surface area (Å²) < 4.78 is 24.5. The quantitative estimate of drug-likeness (QED) is 0.456. The summed E-state index contributed by atoms with van der Waals surface area (Å²) in [6, 6.07) is 0. The van der Waals surface area contributed by atoms with Crippen LogP contribution in [-0.4, -0.2) is 5.92 Å². The van der Waals surface area contributed by atoms with Crippen molar-refractivity contribution < 1.29 is 8.78 Å². The number of fused-ring (bicyclic) bond motifs is 1. The van der Waals surface area contributed by atoms with Crippen molar-refractivity contribution in [2.75, 3.05) is 0 Å². The van der Waals surface area contributed by atoms with Gasteiger partial charge in [0.25, 0.3) is 0 Å². The van der Waals surface area contributed by atoms with E-state index < -0.39 is 5.92 Å². The van der Waals surface area contributed by atoms with Gasteiger partial charge in [-0.15, -0.1) is 0 Å². The number of hydrogen-bond acceptors (Lipinski definition) is 0. The van der Waals surface area contributed by atoms with Gasteiger partial charge in [-0.2, -0.15) is 0 Å². The molecule has 2 saturated carbocycles. The molecule has 46 valence electrons. The van der Waals surface area contributed by atoms with E-state index in [1.54, 1.807) is 0 Å². The molecule has 0 radical (unpaired) electrons. The molecule has 2 aliphatic carbocycles. The molecular weight excluding hydrogens is 110 g/mol. The van der Waals surface area contributed by atoms with Crippen molar-refractivity contribution in [1.82, 2.24) is 0 Å². The smallest absolute Gasteiger partial charge is 0.207 e. The fraction of sp³-hybridized carbons (Fsp3) is 1.00. The van der Waals surface area contributed by atoms with Crippen molar-refractivity contribution in [3.63, 3.8) is 0 Å². The van der Waals surface area contributed by atoms with E-state index in [-0.39, 0.29) is 12.8 Å². The van der Waals surface area contributed by atoms with Crippen molar-refractivity contribution in [2.24, 2.45) is 11.8 Å². The zero-order valence-corrected chi connectivity index (χ0v) is 4.53. The van der Waals surface area contributed by atoms with Crippen molar-refractivity contribution in [2.45, 2.75) is 25.2 Å². The molecule has 2 fully saturated rings. The standard InChI is InChI=1S/C6H8F2/c7-6(8)2-4-1-5(4)3-6/h4-5H,1-3H2. The Morgan fingerprint density at radius 2 is 1.62 bits per heavy atom. The van der Waals surface area contributed by atoms with E-state index in [1.807, 2.05) is 0 Å². The van der Waals surface area contributed by atoms with Gasteiger partial charge in [-0.05, 0) is 18.3 Å². The van der Waals surface area contributed by atoms with Gasteiger partial charge in [0.2, 0.25) is 5.92 Å². The van der Waals surface area contributed by atoms with Gasteiger partial charge in [0.05, 0.1) is 0 Å². The van der Waals surface area contributed by atoms with Crippen LogP contribution in [0.1, 0.15) is 19.3 Å². The Kier molecular flexibility index (Phi) is 0.628. The van der Waals surface area contributed by atoms with Gasteiger partial charge >= 0.3 is 0 Å². The highest BCUT2D eigenvalue weighted by molar-refractivity contribution is 4.99. The predicted molar refractivity (Wildman–Crippen MR) is 25.8 cm³/mol. The maximum atomic E-state index is 12.2. The van der Waals surface area contributed by atoms with E-state index in [1.165, 1.54) is 0 Å². The summed E-state index contributed by atoms with van der Waals surface area (Å²) >= 11 is 0. The van der Waals surface area contributed by atoms with Crippen LogP contribution in [0.5, 0.6) is 0 Å². The Bertz CT molecular complexity index is 108. The molecule has 2 heteroatoms. The van der Waals surface area contributed by atoms with E-state index in [2.05, 4.69) is 0 Å². The third kappa shape index (κ3) is 0.550. The molecule has 0 aromatic rings. The number of halogens is 2. The molecule has 8 heavy (non-hydrogen) atoms. The largest absolute Gasteiger partial charge is 0.248 e. The fourth-order valence-corrected chi connectivity index (χ4v) is 1.66. The molecule has 0 N–H and O–H groups in total. The van der Waals surface area contributed by atoms with Crippen LogP contribution in [0.2, 0.25) is 0 Å². The normalized spacial score (nSPS) is 48.8. The van der Waals surface area contributed by atoms with Crippen molar-refractivity contribution in [3.8, 4) is 0 Å². The van der Waals surface area contributed by atoms with Gasteiger partial charge in [0.1, 0.15) is 0 Å². The maximum absolute atomic E-state index is 12.2. The lowest BCUT2D eigenvalue weighted by Gasteiger charge is -2.07. The van der Waals surface area contributed by atoms with Gasteiger partial charge < -0.3 is 0 Å². The molecule has 2 rings (SSSR count). The Labute approximate surface area is 46.9 Å². The number of hydrogen-bond donors (Lipinski definition) is 0. The molecule has 2 atom stereocenters. The first kappa shape index (κ1) is 4.71. The average molecular weight is 118 g/mol. The van der Waals surface area contributed by atoms with E-state index in [0.29, 0.717) is 11.8 Å². The average Bonchev–Trinajstić information content (AvgIpc) is 2.11. The van der Waals surface area contributed by atoms with E-state index in [0.717, 1.165) is 6.42 Å². The third-order valence-corrected chi connectivity index (χ3v) is 2.19. The lowest BCUT2D eigenvalue weighted by atomic mass is 10.2. The highest BCUT2D eigenvalue weighted by Gasteiger charge is 2.54. The molecule has 0 nitrogen and oxygen atoms in total. The number of rotatable bonds is 0. The van der Waals surface area contributed by atoms with Gasteiger partial charge in [-0.3, -0.25) is 0 Å². The van der Waals surface area contributed by atoms with Crippen LogP contribution < -0.4 is 0 Å². The third-order valence-electron chi connectivity index (χ3n) is 2.19. The Morgan fingerprint density at radius 3 is 1.88 bits per heavy atom. The molecular formula is C6H8F2. The first-order valence-corrected chi connectivity index (χ1v) is 3.05. The predicted octanol–water partition coefficient (Wildman–Crippen LogP) is 2.05. The Balaban J connectivity index is 2.08. The first-order valence-electron chi connectivity index (χ1n) is 3.05. The maximum Gasteiger partial charge on any atom is 0.248 e. The summed E-state index contributed by atoms with van der Waals surface area (Å²) in [7, 11) is 0. The van der Waals surface area contributed by atoms with Crippen LogP contribution in [0.3, 0.4) is 0 Å². The highest BCUT2D eigenvalue weighted by Crippen LogP contribution is 2.57. The number of alkyl halides is 2. The summed E-state index contributed by atoms with van der Waals surface area (Å²) in [5.74, 6) is -1.47. The second-order valence-corrected chi connectivity index (χ2v) is 3.02. The van der Waals surface area contributed by atoms with Crippen LogP contribution >= 0.6 is 0 Å². The van der Waals surface area contributed by atoms with Crippen molar-refractivity contribution >= 4 is 0 Å². The van der Waals surface area contributed by atoms with Crippen LogP contribution in [-0.2, 0) is 0 Å². The molecule has 2 unspecified atom stereocenters. The summed E-state index contributed by atoms with van der Waals surface area (Å²) in [5.41, 5.74) is 0. The van der Waals surface area contributed by atoms with Crippen LogP contribution in [0.25, 0.3) is 0 Å². The van der Waals surface area contributed by atoms with Gasteiger partial charge in [0, 0.05) is 12.8 Å². The zero-order chi connectivity index (χ0) is 5.78. The lowest BCUT2D eigenvalue weighted by Crippen LogP contribution is -2.11. The molecule has 0 aliphatic heterocycles. The lowest BCUT2D eigenvalue weighted by molar-refractivity contribution is -0.00347. The van der Waals surface area contributed by atoms with Crippen LogP contribution in [0.4, 0.5) is 8.78 Å².